The van der Waals surface area contributed by atoms with E-state index in [0.29, 0.717) is 11.5 Å². The number of benzene rings is 3. The lowest BCUT2D eigenvalue weighted by Gasteiger charge is -2.42. The highest BCUT2D eigenvalue weighted by Gasteiger charge is 2.48. The van der Waals surface area contributed by atoms with E-state index in [1.165, 1.54) is 11.1 Å². The second-order valence-electron chi connectivity index (χ2n) is 10.9. The van der Waals surface area contributed by atoms with E-state index in [4.69, 9.17) is 0 Å². The summed E-state index contributed by atoms with van der Waals surface area (Å²) < 4.78 is 0. The molecular weight excluding hydrogens is 458 g/mol. The standard InChI is InChI=1S/C32H35N3O2/c1-21-10-9-13-23(20-21)31(36)34-28-17-8-6-15-25(28)32(37)35-19-18-26-29(22-11-3-2-4-12-22)33-27-16-7-5-14-24(27)30(26)35/h2-5,7,9-14,16,20,25-26,28-30,33H,6,8,15,17-19H2,1H3,(H,34,36)/t25-,26+,28+,29-,30-/m0/s1. The molecular formula is C32H35N3O2. The molecule has 2 fully saturated rings. The van der Waals surface area contributed by atoms with Crippen molar-refractivity contribution >= 4 is 17.5 Å². The summed E-state index contributed by atoms with van der Waals surface area (Å²) in [5.41, 5.74) is 5.31. The lowest BCUT2D eigenvalue weighted by atomic mass is 9.79. The minimum absolute atomic E-state index is 0.0465. The van der Waals surface area contributed by atoms with Crippen LogP contribution in [0.15, 0.2) is 78.9 Å². The molecule has 2 aliphatic heterocycles. The second kappa shape index (κ2) is 10.0. The van der Waals surface area contributed by atoms with Crippen LogP contribution in [-0.4, -0.2) is 29.3 Å². The zero-order chi connectivity index (χ0) is 25.4. The number of aryl methyl sites for hydroxylation is 1. The fraction of sp³-hybridized carbons (Fsp3) is 0.375. The van der Waals surface area contributed by atoms with Crippen molar-refractivity contribution in [1.82, 2.24) is 10.2 Å². The zero-order valence-electron chi connectivity index (χ0n) is 21.4. The van der Waals surface area contributed by atoms with Crippen LogP contribution in [0.25, 0.3) is 0 Å². The summed E-state index contributed by atoms with van der Waals surface area (Å²) in [6, 6.07) is 26.8. The summed E-state index contributed by atoms with van der Waals surface area (Å²) in [6.07, 6.45) is 4.70. The maximum absolute atomic E-state index is 14.2. The molecule has 1 saturated heterocycles. The third kappa shape index (κ3) is 4.52. The molecule has 3 aromatic rings. The summed E-state index contributed by atoms with van der Waals surface area (Å²) in [5, 5.41) is 7.03. The maximum Gasteiger partial charge on any atom is 0.251 e. The van der Waals surface area contributed by atoms with E-state index < -0.39 is 0 Å². The number of fused-ring (bicyclic) bond motifs is 3. The van der Waals surface area contributed by atoms with Crippen molar-refractivity contribution in [3.8, 4) is 0 Å². The fourth-order valence-corrected chi connectivity index (χ4v) is 6.81. The smallest absolute Gasteiger partial charge is 0.251 e. The van der Waals surface area contributed by atoms with Gasteiger partial charge in [-0.2, -0.15) is 0 Å². The normalized spacial score (nSPS) is 26.5. The summed E-state index contributed by atoms with van der Waals surface area (Å²) in [6.45, 7) is 2.75. The molecule has 3 aliphatic rings. The van der Waals surface area contributed by atoms with E-state index in [9.17, 15) is 9.59 Å². The van der Waals surface area contributed by atoms with Crippen LogP contribution in [-0.2, 0) is 4.79 Å². The molecule has 0 radical (unpaired) electrons. The number of nitrogens with zero attached hydrogens (tertiary/aromatic N) is 1. The number of hydrogen-bond donors (Lipinski definition) is 2. The Bertz CT molecular complexity index is 1290. The van der Waals surface area contributed by atoms with E-state index in [1.54, 1.807) is 0 Å². The second-order valence-corrected chi connectivity index (χ2v) is 10.9. The van der Waals surface area contributed by atoms with E-state index in [2.05, 4.69) is 70.1 Å². The molecule has 5 nitrogen and oxygen atoms in total. The third-order valence-electron chi connectivity index (χ3n) is 8.58. The van der Waals surface area contributed by atoms with Crippen molar-refractivity contribution in [2.75, 3.05) is 11.9 Å². The van der Waals surface area contributed by atoms with Crippen LogP contribution in [0, 0.1) is 18.8 Å². The van der Waals surface area contributed by atoms with E-state index >= 15 is 0 Å². The Morgan fingerprint density at radius 2 is 1.68 bits per heavy atom. The molecule has 190 valence electrons. The first-order valence-electron chi connectivity index (χ1n) is 13.7. The Kier molecular flexibility index (Phi) is 6.45. The van der Waals surface area contributed by atoms with Gasteiger partial charge in [0.05, 0.1) is 18.0 Å². The Hall–Kier alpha value is -3.60. The van der Waals surface area contributed by atoms with Crippen molar-refractivity contribution in [1.29, 1.82) is 0 Å². The van der Waals surface area contributed by atoms with Gasteiger partial charge in [-0.3, -0.25) is 9.59 Å². The summed E-state index contributed by atoms with van der Waals surface area (Å²) >= 11 is 0. The quantitative estimate of drug-likeness (QED) is 0.466. The summed E-state index contributed by atoms with van der Waals surface area (Å²) in [7, 11) is 0. The molecule has 5 heteroatoms. The molecule has 6 rings (SSSR count). The van der Waals surface area contributed by atoms with Crippen LogP contribution < -0.4 is 10.6 Å². The van der Waals surface area contributed by atoms with Gasteiger partial charge in [-0.25, -0.2) is 0 Å². The van der Waals surface area contributed by atoms with Gasteiger partial charge in [-0.15, -0.1) is 0 Å². The van der Waals surface area contributed by atoms with Gasteiger partial charge >= 0.3 is 0 Å². The lowest BCUT2D eigenvalue weighted by Crippen LogP contribution is -2.50. The van der Waals surface area contributed by atoms with Gasteiger partial charge in [0.15, 0.2) is 0 Å². The minimum atomic E-state index is -0.182. The molecule has 3 aromatic carbocycles. The molecule has 0 spiro atoms. The van der Waals surface area contributed by atoms with Crippen LogP contribution in [0.5, 0.6) is 0 Å². The van der Waals surface area contributed by atoms with Crippen molar-refractivity contribution in [3.63, 3.8) is 0 Å². The Morgan fingerprint density at radius 1 is 0.892 bits per heavy atom. The third-order valence-corrected chi connectivity index (χ3v) is 8.58. The lowest BCUT2D eigenvalue weighted by molar-refractivity contribution is -0.138. The first-order valence-corrected chi connectivity index (χ1v) is 13.7. The molecule has 5 atom stereocenters. The van der Waals surface area contributed by atoms with Crippen molar-refractivity contribution in [2.24, 2.45) is 11.8 Å². The largest absolute Gasteiger partial charge is 0.378 e. The van der Waals surface area contributed by atoms with Gasteiger partial charge in [-0.1, -0.05) is 79.1 Å². The highest BCUT2D eigenvalue weighted by molar-refractivity contribution is 5.95. The highest BCUT2D eigenvalue weighted by Crippen LogP contribution is 2.51. The van der Waals surface area contributed by atoms with Gasteiger partial charge in [0.25, 0.3) is 5.91 Å². The van der Waals surface area contributed by atoms with Gasteiger partial charge in [0.2, 0.25) is 5.91 Å². The number of rotatable bonds is 4. The SMILES string of the molecule is Cc1cccc(C(=O)N[C@@H]2CCCC[C@@H]2C(=O)N2CC[C@@H]3[C@H](c4ccccc4)Nc4ccccc4[C@@H]32)c1. The van der Waals surface area contributed by atoms with Crippen molar-refractivity contribution in [2.45, 2.75) is 57.2 Å². The van der Waals surface area contributed by atoms with Crippen LogP contribution in [0.2, 0.25) is 0 Å². The van der Waals surface area contributed by atoms with Gasteiger partial charge in [0.1, 0.15) is 0 Å². The zero-order valence-corrected chi connectivity index (χ0v) is 21.4. The molecule has 2 amide bonds. The van der Waals surface area contributed by atoms with Crippen LogP contribution >= 0.6 is 0 Å². The van der Waals surface area contributed by atoms with E-state index in [-0.39, 0.29) is 35.9 Å². The van der Waals surface area contributed by atoms with E-state index in [1.807, 2.05) is 31.2 Å². The molecule has 0 aromatic heterocycles. The minimum Gasteiger partial charge on any atom is -0.378 e. The van der Waals surface area contributed by atoms with Gasteiger partial charge < -0.3 is 15.5 Å². The van der Waals surface area contributed by atoms with Gasteiger partial charge in [0, 0.05) is 29.8 Å². The Labute approximate surface area is 219 Å². The molecule has 2 N–H and O–H groups in total. The summed E-state index contributed by atoms with van der Waals surface area (Å²) in [5.74, 6) is 0.248. The number of para-hydroxylation sites is 1. The van der Waals surface area contributed by atoms with Crippen molar-refractivity contribution in [3.05, 3.63) is 101 Å². The predicted molar refractivity (Wildman–Crippen MR) is 146 cm³/mol. The number of carbonyl (C=O) groups is 2. The average molecular weight is 494 g/mol. The number of carbonyl (C=O) groups excluding carboxylic acids is 2. The first kappa shape index (κ1) is 23.8. The Morgan fingerprint density at radius 3 is 2.51 bits per heavy atom. The Balaban J connectivity index is 1.27. The molecule has 0 unspecified atom stereocenters. The molecule has 0 bridgehead atoms. The average Bonchev–Trinajstić information content (AvgIpc) is 3.39. The van der Waals surface area contributed by atoms with Crippen LogP contribution in [0.1, 0.15) is 71.2 Å². The monoisotopic (exact) mass is 493 g/mol. The van der Waals surface area contributed by atoms with Gasteiger partial charge in [-0.05, 0) is 55.5 Å². The topological polar surface area (TPSA) is 61.4 Å². The number of amides is 2. The number of likely N-dealkylation sites (tertiary alicyclic amines) is 1. The molecule has 2 heterocycles. The molecule has 1 saturated carbocycles. The number of anilines is 1. The highest BCUT2D eigenvalue weighted by atomic mass is 16.2. The van der Waals surface area contributed by atoms with Crippen molar-refractivity contribution < 1.29 is 9.59 Å². The predicted octanol–water partition coefficient (Wildman–Crippen LogP) is 6.04. The molecule has 1 aliphatic carbocycles. The summed E-state index contributed by atoms with van der Waals surface area (Å²) in [4.78, 5) is 29.5. The van der Waals surface area contributed by atoms with E-state index in [0.717, 1.165) is 49.9 Å². The number of nitrogens with one attached hydrogen (secondary N) is 2. The molecule has 37 heavy (non-hydrogen) atoms. The van der Waals surface area contributed by atoms with Crippen LogP contribution in [0.3, 0.4) is 0 Å². The van der Waals surface area contributed by atoms with Crippen LogP contribution in [0.4, 0.5) is 5.69 Å². The maximum atomic E-state index is 14.2. The number of hydrogen-bond acceptors (Lipinski definition) is 3. The first-order chi connectivity index (χ1) is 18.1. The fourth-order valence-electron chi connectivity index (χ4n) is 6.81.